The molecule has 0 fully saturated rings. The first-order valence-corrected chi connectivity index (χ1v) is 8.58. The van der Waals surface area contributed by atoms with E-state index in [4.69, 9.17) is 16.7 Å². The summed E-state index contributed by atoms with van der Waals surface area (Å²) in [6.45, 7) is 0.240. The third kappa shape index (κ3) is 3.44. The van der Waals surface area contributed by atoms with Gasteiger partial charge in [-0.3, -0.25) is 0 Å². The third-order valence-corrected chi connectivity index (χ3v) is 5.71. The molecule has 5 nitrogen and oxygen atoms in total. The van der Waals surface area contributed by atoms with Crippen LogP contribution in [0.4, 0.5) is 0 Å². The molecule has 0 unspecified atom stereocenters. The lowest BCUT2D eigenvalue weighted by Gasteiger charge is -2.17. The highest BCUT2D eigenvalue weighted by atomic mass is 35.5. The number of carbonyl (C=O) groups is 1. The Morgan fingerprint density at radius 1 is 1.38 bits per heavy atom. The number of aromatic carboxylic acids is 1. The standard InChI is InChI=1S/C13H12ClNO4S2/c1-15(7-9-4-5-20-8-9)21(18,19)10-2-3-11(13(16)17)12(14)6-10/h2-6,8H,7H2,1H3,(H,16,17). The topological polar surface area (TPSA) is 74.7 Å². The van der Waals surface area contributed by atoms with Gasteiger partial charge in [-0.05, 0) is 40.6 Å². The lowest BCUT2D eigenvalue weighted by atomic mass is 10.2. The highest BCUT2D eigenvalue weighted by Crippen LogP contribution is 2.24. The highest BCUT2D eigenvalue weighted by molar-refractivity contribution is 7.89. The summed E-state index contributed by atoms with van der Waals surface area (Å²) < 4.78 is 26.0. The Bertz CT molecular complexity index is 756. The average molecular weight is 346 g/mol. The molecule has 0 spiro atoms. The van der Waals surface area contributed by atoms with Crippen LogP contribution in [0, 0.1) is 0 Å². The van der Waals surface area contributed by atoms with Crippen LogP contribution in [-0.2, 0) is 16.6 Å². The molecule has 2 rings (SSSR count). The van der Waals surface area contributed by atoms with Crippen LogP contribution in [0.25, 0.3) is 0 Å². The summed E-state index contributed by atoms with van der Waals surface area (Å²) in [5, 5.41) is 12.5. The van der Waals surface area contributed by atoms with Crippen LogP contribution < -0.4 is 0 Å². The summed E-state index contributed by atoms with van der Waals surface area (Å²) >= 11 is 7.30. The minimum atomic E-state index is -3.72. The second kappa shape index (κ2) is 6.15. The summed E-state index contributed by atoms with van der Waals surface area (Å²) in [6, 6.07) is 5.44. The summed E-state index contributed by atoms with van der Waals surface area (Å²) in [7, 11) is -2.26. The number of halogens is 1. The van der Waals surface area contributed by atoms with E-state index in [2.05, 4.69) is 0 Å². The molecule has 0 radical (unpaired) electrons. The molecule has 21 heavy (non-hydrogen) atoms. The van der Waals surface area contributed by atoms with E-state index in [-0.39, 0.29) is 22.0 Å². The Kier molecular flexibility index (Phi) is 4.67. The summed E-state index contributed by atoms with van der Waals surface area (Å²) in [4.78, 5) is 10.9. The van der Waals surface area contributed by atoms with Gasteiger partial charge in [0.05, 0.1) is 15.5 Å². The minimum absolute atomic E-state index is 0.0322. The van der Waals surface area contributed by atoms with Crippen LogP contribution >= 0.6 is 22.9 Å². The zero-order chi connectivity index (χ0) is 15.6. The van der Waals surface area contributed by atoms with Crippen molar-refractivity contribution in [1.82, 2.24) is 4.31 Å². The Hall–Kier alpha value is -1.41. The molecule has 1 heterocycles. The van der Waals surface area contributed by atoms with Gasteiger partial charge in [0.2, 0.25) is 10.0 Å². The summed E-state index contributed by atoms with van der Waals surface area (Å²) in [5.74, 6) is -1.20. The van der Waals surface area contributed by atoms with Crippen molar-refractivity contribution in [2.45, 2.75) is 11.4 Å². The van der Waals surface area contributed by atoms with Gasteiger partial charge < -0.3 is 5.11 Å². The zero-order valence-electron chi connectivity index (χ0n) is 11.0. The smallest absolute Gasteiger partial charge is 0.337 e. The van der Waals surface area contributed by atoms with E-state index in [1.807, 2.05) is 16.8 Å². The van der Waals surface area contributed by atoms with Gasteiger partial charge in [0.15, 0.2) is 0 Å². The van der Waals surface area contributed by atoms with Gasteiger partial charge in [-0.25, -0.2) is 13.2 Å². The molecule has 0 bridgehead atoms. The van der Waals surface area contributed by atoms with Gasteiger partial charge in [0.1, 0.15) is 0 Å². The summed E-state index contributed by atoms with van der Waals surface area (Å²) in [5.41, 5.74) is 0.760. The molecule has 0 saturated carbocycles. The van der Waals surface area contributed by atoms with Crippen LogP contribution in [0.2, 0.25) is 5.02 Å². The number of hydrogen-bond donors (Lipinski definition) is 1. The molecule has 1 aromatic heterocycles. The van der Waals surface area contributed by atoms with Crippen molar-refractivity contribution in [3.63, 3.8) is 0 Å². The first-order valence-electron chi connectivity index (χ1n) is 5.82. The van der Waals surface area contributed by atoms with Gasteiger partial charge in [0, 0.05) is 13.6 Å². The number of carboxylic acids is 1. The molecule has 0 atom stereocenters. The number of nitrogens with zero attached hydrogens (tertiary/aromatic N) is 1. The van der Waals surface area contributed by atoms with Gasteiger partial charge >= 0.3 is 5.97 Å². The van der Waals surface area contributed by atoms with Crippen LogP contribution in [0.5, 0.6) is 0 Å². The molecule has 1 N–H and O–H groups in total. The van der Waals surface area contributed by atoms with E-state index in [1.165, 1.54) is 34.8 Å². The Labute approximate surface area is 131 Å². The van der Waals surface area contributed by atoms with E-state index >= 15 is 0 Å². The van der Waals surface area contributed by atoms with E-state index in [1.54, 1.807) is 0 Å². The van der Waals surface area contributed by atoms with Crippen LogP contribution in [-0.4, -0.2) is 30.8 Å². The monoisotopic (exact) mass is 345 g/mol. The maximum absolute atomic E-state index is 12.4. The maximum Gasteiger partial charge on any atom is 0.337 e. The number of thiophene rings is 1. The molecule has 8 heteroatoms. The Morgan fingerprint density at radius 2 is 2.10 bits per heavy atom. The van der Waals surface area contributed by atoms with Crippen molar-refractivity contribution in [1.29, 1.82) is 0 Å². The molecule has 1 aromatic carbocycles. The Balaban J connectivity index is 2.31. The molecule has 0 aliphatic heterocycles. The lowest BCUT2D eigenvalue weighted by molar-refractivity contribution is 0.0697. The first kappa shape index (κ1) is 16.0. The summed E-state index contributed by atoms with van der Waals surface area (Å²) in [6.07, 6.45) is 0. The highest BCUT2D eigenvalue weighted by Gasteiger charge is 2.22. The molecule has 0 amide bonds. The Morgan fingerprint density at radius 3 is 2.62 bits per heavy atom. The lowest BCUT2D eigenvalue weighted by Crippen LogP contribution is -2.26. The van der Waals surface area contributed by atoms with Crippen molar-refractivity contribution in [3.8, 4) is 0 Å². The van der Waals surface area contributed by atoms with Crippen LogP contribution in [0.1, 0.15) is 15.9 Å². The number of carboxylic acid groups (broad SMARTS) is 1. The third-order valence-electron chi connectivity index (χ3n) is 2.86. The van der Waals surface area contributed by atoms with Gasteiger partial charge in [-0.15, -0.1) is 0 Å². The largest absolute Gasteiger partial charge is 0.478 e. The van der Waals surface area contributed by atoms with Crippen molar-refractivity contribution < 1.29 is 18.3 Å². The number of benzene rings is 1. The fraction of sp³-hybridized carbons (Fsp3) is 0.154. The van der Waals surface area contributed by atoms with Gasteiger partial charge in [-0.2, -0.15) is 15.6 Å². The molecule has 0 aliphatic carbocycles. The van der Waals surface area contributed by atoms with Gasteiger partial charge in [0.25, 0.3) is 0 Å². The molecule has 0 aliphatic rings. The molecule has 112 valence electrons. The minimum Gasteiger partial charge on any atom is -0.478 e. The molecular formula is C13H12ClNO4S2. The first-order chi connectivity index (χ1) is 9.82. The number of rotatable bonds is 5. The molecule has 0 saturated heterocycles. The second-order valence-corrected chi connectivity index (χ2v) is 7.57. The van der Waals surface area contributed by atoms with Crippen molar-refractivity contribution in [2.24, 2.45) is 0 Å². The fourth-order valence-electron chi connectivity index (χ4n) is 1.73. The SMILES string of the molecule is CN(Cc1ccsc1)S(=O)(=O)c1ccc(C(=O)O)c(Cl)c1. The predicted molar refractivity (Wildman–Crippen MR) is 81.4 cm³/mol. The quantitative estimate of drug-likeness (QED) is 0.904. The van der Waals surface area contributed by atoms with Crippen LogP contribution in [0.3, 0.4) is 0 Å². The normalized spacial score (nSPS) is 11.8. The van der Waals surface area contributed by atoms with Crippen molar-refractivity contribution in [3.05, 3.63) is 51.2 Å². The zero-order valence-corrected chi connectivity index (χ0v) is 13.4. The number of hydrogen-bond acceptors (Lipinski definition) is 4. The maximum atomic E-state index is 12.4. The second-order valence-electron chi connectivity index (χ2n) is 4.34. The van der Waals surface area contributed by atoms with E-state index in [9.17, 15) is 13.2 Å². The predicted octanol–water partition coefficient (Wildman–Crippen LogP) is 2.92. The van der Waals surface area contributed by atoms with E-state index < -0.39 is 16.0 Å². The van der Waals surface area contributed by atoms with Crippen molar-refractivity contribution >= 4 is 38.9 Å². The van der Waals surface area contributed by atoms with Gasteiger partial charge in [-0.1, -0.05) is 11.6 Å². The van der Waals surface area contributed by atoms with Crippen molar-refractivity contribution in [2.75, 3.05) is 7.05 Å². The van der Waals surface area contributed by atoms with E-state index in [0.717, 1.165) is 11.6 Å². The van der Waals surface area contributed by atoms with Crippen LogP contribution in [0.15, 0.2) is 39.9 Å². The average Bonchev–Trinajstić information content (AvgIpc) is 2.90. The molecular weight excluding hydrogens is 334 g/mol. The fourth-order valence-corrected chi connectivity index (χ4v) is 3.91. The van der Waals surface area contributed by atoms with E-state index in [0.29, 0.717) is 0 Å². The molecule has 2 aromatic rings. The number of sulfonamides is 1.